The highest BCUT2D eigenvalue weighted by molar-refractivity contribution is 4.61. The van der Waals surface area contributed by atoms with E-state index in [1.165, 1.54) is 51.4 Å². The highest BCUT2D eigenvalue weighted by atomic mass is 15.1. The van der Waals surface area contributed by atoms with Gasteiger partial charge in [-0.05, 0) is 77.8 Å². The van der Waals surface area contributed by atoms with Gasteiger partial charge in [0, 0.05) is 63.4 Å². The Balaban J connectivity index is -0.000000242. The fraction of sp³-hybridized carbons (Fsp3) is 1.00. The van der Waals surface area contributed by atoms with Crippen LogP contribution >= 0.6 is 0 Å². The number of unbranched alkanes of at least 4 members (excludes halogenated alkanes) is 4. The molecule has 43 heavy (non-hydrogen) atoms. The summed E-state index contributed by atoms with van der Waals surface area (Å²) in [5.74, 6) is 0. The number of hydrogen-bond acceptors (Lipinski definition) is 9. The molecule has 0 amide bonds. The first-order valence-corrected chi connectivity index (χ1v) is 18.0. The Morgan fingerprint density at radius 1 is 0.419 bits per heavy atom. The van der Waals surface area contributed by atoms with E-state index in [4.69, 9.17) is 17.2 Å². The maximum absolute atomic E-state index is 5.53. The van der Waals surface area contributed by atoms with E-state index in [1.54, 1.807) is 0 Å². The van der Waals surface area contributed by atoms with E-state index in [0.717, 1.165) is 78.5 Å². The topological polar surface area (TPSA) is 141 Å². The molecule has 0 bridgehead atoms. The lowest BCUT2D eigenvalue weighted by Gasteiger charge is -2.21. The van der Waals surface area contributed by atoms with Crippen molar-refractivity contribution < 1.29 is 0 Å². The van der Waals surface area contributed by atoms with Crippen molar-refractivity contribution in [1.29, 1.82) is 0 Å². The Kier molecular flexibility index (Phi) is 50.4. The molecule has 9 heteroatoms. The van der Waals surface area contributed by atoms with Gasteiger partial charge in [-0.2, -0.15) is 0 Å². The van der Waals surface area contributed by atoms with Gasteiger partial charge in [0.1, 0.15) is 0 Å². The van der Waals surface area contributed by atoms with Crippen LogP contribution in [0.2, 0.25) is 0 Å². The molecule has 0 aromatic rings. The molecule has 0 aromatic carbocycles. The van der Waals surface area contributed by atoms with Crippen LogP contribution in [0.5, 0.6) is 0 Å². The Morgan fingerprint density at radius 3 is 1.28 bits per heavy atom. The quantitative estimate of drug-likeness (QED) is 0.0678. The zero-order valence-electron chi connectivity index (χ0n) is 31.1. The monoisotopic (exact) mass is 620 g/mol. The molecule has 0 radical (unpaired) electrons. The first-order valence-electron chi connectivity index (χ1n) is 18.0. The van der Waals surface area contributed by atoms with Crippen molar-refractivity contribution in [2.24, 2.45) is 17.2 Å². The summed E-state index contributed by atoms with van der Waals surface area (Å²) < 4.78 is 0. The van der Waals surface area contributed by atoms with Crippen LogP contribution in [-0.4, -0.2) is 108 Å². The van der Waals surface area contributed by atoms with Crippen LogP contribution in [0, 0.1) is 0 Å². The predicted octanol–water partition coefficient (Wildman–Crippen LogP) is 3.87. The second-order valence-corrected chi connectivity index (χ2v) is 12.5. The lowest BCUT2D eigenvalue weighted by atomic mass is 10.2. The normalized spacial score (nSPS) is 11.0. The van der Waals surface area contributed by atoms with Gasteiger partial charge in [-0.3, -0.25) is 0 Å². The molecule has 0 atom stereocenters. The van der Waals surface area contributed by atoms with E-state index in [0.29, 0.717) is 24.2 Å². The summed E-state index contributed by atoms with van der Waals surface area (Å²) in [6.07, 6.45) is 9.98. The van der Waals surface area contributed by atoms with Crippen LogP contribution in [0.15, 0.2) is 0 Å². The van der Waals surface area contributed by atoms with Gasteiger partial charge in [0.05, 0.1) is 0 Å². The van der Waals surface area contributed by atoms with Crippen molar-refractivity contribution in [3.05, 3.63) is 0 Å². The zero-order valence-corrected chi connectivity index (χ0v) is 31.1. The molecule has 0 saturated heterocycles. The fourth-order valence-corrected chi connectivity index (χ4v) is 3.78. The largest absolute Gasteiger partial charge is 0.330 e. The number of hydrogen-bond donors (Lipinski definition) is 8. The van der Waals surface area contributed by atoms with Crippen LogP contribution in [-0.2, 0) is 0 Å². The van der Waals surface area contributed by atoms with Crippen molar-refractivity contribution >= 4 is 0 Å². The molecule has 11 N–H and O–H groups in total. The number of nitrogens with two attached hydrogens (primary N) is 3. The molecular formula is C34H85N9. The van der Waals surface area contributed by atoms with E-state index in [1.807, 2.05) is 0 Å². The van der Waals surface area contributed by atoms with Crippen molar-refractivity contribution in [1.82, 2.24) is 31.5 Å². The molecule has 0 aliphatic heterocycles. The third-order valence-electron chi connectivity index (χ3n) is 6.11. The standard InChI is InChI=1S/2C10H25N3.C8H20N2.C6H15N/c1-10(2)13-8-5-3-4-7-12-9-6-11;1-4-7-13(8-5-11)9-6-12-10(2)3;1-8(2)10-7-5-3-4-6-9;1-4-5-7-6(2)3/h10,12-13H,3-9,11H2,1-2H3;10,12H,4-9,11H2,1-3H3;8,10H,3-7,9H2,1-2H3;6-7H,4-5H2,1-3H3. The van der Waals surface area contributed by atoms with Gasteiger partial charge < -0.3 is 48.7 Å². The Hall–Kier alpha value is -0.360. The summed E-state index contributed by atoms with van der Waals surface area (Å²) in [4.78, 5) is 2.41. The van der Waals surface area contributed by atoms with Gasteiger partial charge in [-0.1, -0.05) is 82.1 Å². The van der Waals surface area contributed by atoms with Gasteiger partial charge in [-0.15, -0.1) is 0 Å². The second kappa shape index (κ2) is 43.8. The first-order chi connectivity index (χ1) is 20.5. The summed E-state index contributed by atoms with van der Waals surface area (Å²) >= 11 is 0. The average molecular weight is 620 g/mol. The molecule has 266 valence electrons. The maximum Gasteiger partial charge on any atom is 0.0107 e. The van der Waals surface area contributed by atoms with Crippen molar-refractivity contribution in [2.75, 3.05) is 78.5 Å². The Bertz CT molecular complexity index is 444. The minimum atomic E-state index is 0.585. The van der Waals surface area contributed by atoms with Crippen molar-refractivity contribution in [3.63, 3.8) is 0 Å². The molecule has 9 nitrogen and oxygen atoms in total. The second-order valence-electron chi connectivity index (χ2n) is 12.5. The van der Waals surface area contributed by atoms with Gasteiger partial charge in [0.25, 0.3) is 0 Å². The third kappa shape index (κ3) is 61.4. The fourth-order valence-electron chi connectivity index (χ4n) is 3.78. The Morgan fingerprint density at radius 2 is 0.884 bits per heavy atom. The number of rotatable bonds is 26. The average Bonchev–Trinajstić information content (AvgIpc) is 2.94. The molecule has 0 fully saturated rings. The van der Waals surface area contributed by atoms with E-state index < -0.39 is 0 Å². The van der Waals surface area contributed by atoms with E-state index in [-0.39, 0.29) is 0 Å². The molecule has 0 aromatic heterocycles. The van der Waals surface area contributed by atoms with E-state index in [2.05, 4.69) is 101 Å². The molecule has 0 saturated carbocycles. The molecule has 0 spiro atoms. The van der Waals surface area contributed by atoms with Gasteiger partial charge >= 0.3 is 0 Å². The van der Waals surface area contributed by atoms with Crippen LogP contribution in [0.4, 0.5) is 0 Å². The summed E-state index contributed by atoms with van der Waals surface area (Å²) in [6, 6.07) is 2.48. The molecule has 0 rings (SSSR count). The van der Waals surface area contributed by atoms with Gasteiger partial charge in [0.2, 0.25) is 0 Å². The van der Waals surface area contributed by atoms with Crippen LogP contribution < -0.4 is 43.8 Å². The molecule has 0 aliphatic rings. The molecule has 0 heterocycles. The highest BCUT2D eigenvalue weighted by Crippen LogP contribution is 1.93. The smallest absolute Gasteiger partial charge is 0.0107 e. The van der Waals surface area contributed by atoms with Crippen LogP contribution in [0.25, 0.3) is 0 Å². The molecular weight excluding hydrogens is 534 g/mol. The summed E-state index contributed by atoms with van der Waals surface area (Å²) in [5, 5.41) is 16.8. The van der Waals surface area contributed by atoms with Crippen molar-refractivity contribution in [3.8, 4) is 0 Å². The molecule has 0 aliphatic carbocycles. The van der Waals surface area contributed by atoms with Crippen LogP contribution in [0.3, 0.4) is 0 Å². The minimum absolute atomic E-state index is 0.585. The highest BCUT2D eigenvalue weighted by Gasteiger charge is 2.01. The SMILES string of the molecule is CC(C)NCCCCCN.CC(C)NCCCCCNCCN.CCCN(CCN)CCNC(C)C.CCCNC(C)C. The number of nitrogens with zero attached hydrogens (tertiary/aromatic N) is 1. The maximum atomic E-state index is 5.53. The molecule has 0 unspecified atom stereocenters. The van der Waals surface area contributed by atoms with Gasteiger partial charge in [-0.25, -0.2) is 0 Å². The lowest BCUT2D eigenvalue weighted by molar-refractivity contribution is 0.278. The summed E-state index contributed by atoms with van der Waals surface area (Å²) in [7, 11) is 0. The third-order valence-corrected chi connectivity index (χ3v) is 6.11. The van der Waals surface area contributed by atoms with E-state index in [9.17, 15) is 0 Å². The number of nitrogens with one attached hydrogen (secondary N) is 5. The lowest BCUT2D eigenvalue weighted by Crippen LogP contribution is -2.37. The minimum Gasteiger partial charge on any atom is -0.330 e. The summed E-state index contributed by atoms with van der Waals surface area (Å²) in [6.45, 7) is 34.0. The zero-order chi connectivity index (χ0) is 33.6. The summed E-state index contributed by atoms with van der Waals surface area (Å²) in [5.41, 5.74) is 16.2. The van der Waals surface area contributed by atoms with Crippen molar-refractivity contribution in [2.45, 2.75) is 145 Å². The predicted molar refractivity (Wildman–Crippen MR) is 197 cm³/mol. The van der Waals surface area contributed by atoms with Crippen LogP contribution in [0.1, 0.15) is 121 Å². The van der Waals surface area contributed by atoms with Gasteiger partial charge in [0.15, 0.2) is 0 Å². The first kappa shape index (κ1) is 49.5. The van der Waals surface area contributed by atoms with E-state index >= 15 is 0 Å². The Labute approximate surface area is 271 Å².